The number of benzene rings is 1. The summed E-state index contributed by atoms with van der Waals surface area (Å²) < 4.78 is 16.3. The van der Waals surface area contributed by atoms with Gasteiger partial charge in [-0.1, -0.05) is 0 Å². The molecular weight excluding hydrogens is 308 g/mol. The first-order valence-electron chi connectivity index (χ1n) is 8.21. The van der Waals surface area contributed by atoms with Gasteiger partial charge in [-0.15, -0.1) is 0 Å². The summed E-state index contributed by atoms with van der Waals surface area (Å²) in [7, 11) is 0. The molecule has 2 aromatic rings. The third-order valence-corrected chi connectivity index (χ3v) is 4.46. The normalized spacial score (nSPS) is 17.8. The Morgan fingerprint density at radius 3 is 2.71 bits per heavy atom. The van der Waals surface area contributed by atoms with Crippen molar-refractivity contribution in [2.45, 2.75) is 6.54 Å². The van der Waals surface area contributed by atoms with E-state index in [0.717, 1.165) is 43.3 Å². The van der Waals surface area contributed by atoms with Crippen LogP contribution in [0.1, 0.15) is 15.9 Å². The topological polar surface area (TPSA) is 55.2 Å². The second-order valence-electron chi connectivity index (χ2n) is 5.98. The largest absolute Gasteiger partial charge is 0.491 e. The van der Waals surface area contributed by atoms with E-state index < -0.39 is 0 Å². The van der Waals surface area contributed by atoms with Gasteiger partial charge in [-0.25, -0.2) is 0 Å². The predicted molar refractivity (Wildman–Crippen MR) is 88.4 cm³/mol. The molecule has 0 unspecified atom stereocenters. The Bertz CT molecular complexity index is 708. The van der Waals surface area contributed by atoms with Crippen LogP contribution in [0.15, 0.2) is 41.2 Å². The minimum absolute atomic E-state index is 0.0306. The van der Waals surface area contributed by atoms with E-state index in [1.165, 1.54) is 12.5 Å². The van der Waals surface area contributed by atoms with Crippen LogP contribution in [0.2, 0.25) is 0 Å². The molecule has 0 aliphatic carbocycles. The van der Waals surface area contributed by atoms with Gasteiger partial charge in [0.2, 0.25) is 0 Å². The molecule has 126 valence electrons. The first kappa shape index (κ1) is 15.1. The Balaban J connectivity index is 1.57. The number of anilines is 1. The third kappa shape index (κ3) is 2.97. The van der Waals surface area contributed by atoms with E-state index in [4.69, 9.17) is 13.9 Å². The van der Waals surface area contributed by atoms with Crippen LogP contribution in [0, 0.1) is 0 Å². The summed E-state index contributed by atoms with van der Waals surface area (Å²) in [4.78, 5) is 16.7. The van der Waals surface area contributed by atoms with E-state index in [2.05, 4.69) is 17.0 Å². The van der Waals surface area contributed by atoms with Crippen LogP contribution in [0.25, 0.3) is 0 Å². The van der Waals surface area contributed by atoms with E-state index in [-0.39, 0.29) is 5.91 Å². The number of amides is 1. The Morgan fingerprint density at radius 2 is 1.92 bits per heavy atom. The van der Waals surface area contributed by atoms with E-state index in [9.17, 15) is 4.79 Å². The van der Waals surface area contributed by atoms with Crippen molar-refractivity contribution in [1.29, 1.82) is 0 Å². The first-order chi connectivity index (χ1) is 11.8. The Hall–Kier alpha value is -2.47. The van der Waals surface area contributed by atoms with Crippen molar-refractivity contribution in [3.8, 4) is 5.75 Å². The lowest BCUT2D eigenvalue weighted by atomic mass is 10.1. The number of fused-ring (bicyclic) bond motifs is 1. The smallest absolute Gasteiger partial charge is 0.257 e. The van der Waals surface area contributed by atoms with Crippen molar-refractivity contribution in [3.63, 3.8) is 0 Å². The zero-order valence-corrected chi connectivity index (χ0v) is 13.4. The molecule has 4 rings (SSSR count). The van der Waals surface area contributed by atoms with Crippen LogP contribution < -0.4 is 9.64 Å². The second kappa shape index (κ2) is 6.57. The molecule has 24 heavy (non-hydrogen) atoms. The number of nitrogens with zero attached hydrogens (tertiary/aromatic N) is 2. The SMILES string of the molecule is O=C(c1ccoc1)N1CCOc2ccc(N3CCOCC3)cc2C1. The van der Waals surface area contributed by atoms with E-state index in [0.29, 0.717) is 25.3 Å². The van der Waals surface area contributed by atoms with Crippen molar-refractivity contribution >= 4 is 11.6 Å². The highest BCUT2D eigenvalue weighted by Gasteiger charge is 2.23. The third-order valence-electron chi connectivity index (χ3n) is 4.46. The van der Waals surface area contributed by atoms with Crippen LogP contribution in [0.3, 0.4) is 0 Å². The number of morpholine rings is 1. The average molecular weight is 328 g/mol. The van der Waals surface area contributed by atoms with Gasteiger partial charge in [-0.3, -0.25) is 4.79 Å². The zero-order chi connectivity index (χ0) is 16.4. The first-order valence-corrected chi connectivity index (χ1v) is 8.21. The highest BCUT2D eigenvalue weighted by atomic mass is 16.5. The number of rotatable bonds is 2. The molecule has 1 aromatic carbocycles. The highest BCUT2D eigenvalue weighted by molar-refractivity contribution is 5.93. The van der Waals surface area contributed by atoms with E-state index >= 15 is 0 Å². The minimum atomic E-state index is -0.0306. The molecule has 6 nitrogen and oxygen atoms in total. The summed E-state index contributed by atoms with van der Waals surface area (Å²) in [5.41, 5.74) is 2.76. The van der Waals surface area contributed by atoms with Crippen molar-refractivity contribution in [3.05, 3.63) is 47.9 Å². The van der Waals surface area contributed by atoms with Gasteiger partial charge in [0.25, 0.3) is 5.91 Å². The maximum Gasteiger partial charge on any atom is 0.257 e. The average Bonchev–Trinajstić information content (AvgIpc) is 3.08. The fourth-order valence-electron chi connectivity index (χ4n) is 3.14. The number of hydrogen-bond acceptors (Lipinski definition) is 5. The lowest BCUT2D eigenvalue weighted by molar-refractivity contribution is 0.0732. The lowest BCUT2D eigenvalue weighted by Crippen LogP contribution is -2.36. The second-order valence-corrected chi connectivity index (χ2v) is 5.98. The molecule has 0 radical (unpaired) electrons. The van der Waals surface area contributed by atoms with Crippen LogP contribution in [-0.2, 0) is 11.3 Å². The standard InChI is InChI=1S/C18H20N2O4/c21-18(14-3-7-23-13-14)20-6-10-24-17-2-1-16(11-15(17)12-20)19-4-8-22-9-5-19/h1-3,7,11,13H,4-6,8-10,12H2. The molecule has 3 heterocycles. The monoisotopic (exact) mass is 328 g/mol. The molecule has 0 bridgehead atoms. The fraction of sp³-hybridized carbons (Fsp3) is 0.389. The molecule has 6 heteroatoms. The number of ether oxygens (including phenoxy) is 2. The molecule has 0 saturated carbocycles. The molecule has 0 spiro atoms. The predicted octanol–water partition coefficient (Wildman–Crippen LogP) is 2.15. The van der Waals surface area contributed by atoms with E-state index in [1.54, 1.807) is 11.0 Å². The van der Waals surface area contributed by atoms with Gasteiger partial charge in [0, 0.05) is 30.9 Å². The zero-order valence-electron chi connectivity index (χ0n) is 13.4. The molecule has 1 aromatic heterocycles. The Kier molecular flexibility index (Phi) is 4.13. The minimum Gasteiger partial charge on any atom is -0.491 e. The molecule has 1 fully saturated rings. The molecule has 2 aliphatic rings. The summed E-state index contributed by atoms with van der Waals surface area (Å²) in [5, 5.41) is 0. The molecule has 0 N–H and O–H groups in total. The number of carbonyl (C=O) groups excluding carboxylic acids is 1. The van der Waals surface area contributed by atoms with Crippen molar-refractivity contribution in [2.24, 2.45) is 0 Å². The van der Waals surface area contributed by atoms with Gasteiger partial charge < -0.3 is 23.7 Å². The molecule has 0 atom stereocenters. The molecule has 2 aliphatic heterocycles. The Morgan fingerprint density at radius 1 is 1.04 bits per heavy atom. The fourth-order valence-corrected chi connectivity index (χ4v) is 3.14. The number of hydrogen-bond donors (Lipinski definition) is 0. The summed E-state index contributed by atoms with van der Waals surface area (Å²) in [6.07, 6.45) is 3.01. The van der Waals surface area contributed by atoms with Crippen LogP contribution >= 0.6 is 0 Å². The summed E-state index contributed by atoms with van der Waals surface area (Å²) in [6, 6.07) is 7.91. The van der Waals surface area contributed by atoms with Gasteiger partial charge in [0.1, 0.15) is 18.6 Å². The van der Waals surface area contributed by atoms with Crippen molar-refractivity contribution < 1.29 is 18.7 Å². The number of carbonyl (C=O) groups is 1. The van der Waals surface area contributed by atoms with Gasteiger partial charge in [0.05, 0.1) is 31.6 Å². The summed E-state index contributed by atoms with van der Waals surface area (Å²) in [6.45, 7) is 4.86. The van der Waals surface area contributed by atoms with Crippen LogP contribution in [-0.4, -0.2) is 50.3 Å². The van der Waals surface area contributed by atoms with Crippen molar-refractivity contribution in [1.82, 2.24) is 4.90 Å². The molecular formula is C18H20N2O4. The maximum atomic E-state index is 12.6. The summed E-state index contributed by atoms with van der Waals surface area (Å²) in [5.74, 6) is 0.825. The molecule has 1 amide bonds. The highest BCUT2D eigenvalue weighted by Crippen LogP contribution is 2.29. The molecule has 1 saturated heterocycles. The van der Waals surface area contributed by atoms with Gasteiger partial charge >= 0.3 is 0 Å². The van der Waals surface area contributed by atoms with E-state index in [1.807, 2.05) is 6.07 Å². The maximum absolute atomic E-state index is 12.6. The number of furan rings is 1. The van der Waals surface area contributed by atoms with Gasteiger partial charge in [-0.05, 0) is 24.3 Å². The Labute approximate surface area is 140 Å². The van der Waals surface area contributed by atoms with Crippen molar-refractivity contribution in [2.75, 3.05) is 44.4 Å². The van der Waals surface area contributed by atoms with Crippen LogP contribution in [0.4, 0.5) is 5.69 Å². The quantitative estimate of drug-likeness (QED) is 0.845. The summed E-state index contributed by atoms with van der Waals surface area (Å²) >= 11 is 0. The lowest BCUT2D eigenvalue weighted by Gasteiger charge is -2.29. The van der Waals surface area contributed by atoms with Crippen LogP contribution in [0.5, 0.6) is 5.75 Å². The van der Waals surface area contributed by atoms with Gasteiger partial charge in [-0.2, -0.15) is 0 Å². The van der Waals surface area contributed by atoms with Gasteiger partial charge in [0.15, 0.2) is 0 Å².